The maximum absolute atomic E-state index is 12.1. The molecule has 144 valence electrons. The van der Waals surface area contributed by atoms with E-state index in [1.165, 1.54) is 0 Å². The third kappa shape index (κ3) is 6.09. The van der Waals surface area contributed by atoms with Gasteiger partial charge in [0.25, 0.3) is 0 Å². The van der Waals surface area contributed by atoms with E-state index in [0.717, 1.165) is 37.9 Å². The van der Waals surface area contributed by atoms with E-state index >= 15 is 0 Å². The van der Waals surface area contributed by atoms with E-state index in [9.17, 15) is 9.59 Å². The van der Waals surface area contributed by atoms with Gasteiger partial charge in [-0.2, -0.15) is 0 Å². The lowest BCUT2D eigenvalue weighted by atomic mass is 10.00. The molecule has 6 heteroatoms. The molecule has 0 bridgehead atoms. The lowest BCUT2D eigenvalue weighted by Crippen LogP contribution is -2.29. The minimum Gasteiger partial charge on any atom is -0.481 e. The van der Waals surface area contributed by atoms with Crippen LogP contribution >= 0.6 is 0 Å². The molecule has 1 aromatic heterocycles. The lowest BCUT2D eigenvalue weighted by molar-refractivity contribution is -0.144. The van der Waals surface area contributed by atoms with Crippen molar-refractivity contribution in [1.29, 1.82) is 0 Å². The van der Waals surface area contributed by atoms with Crippen molar-refractivity contribution in [2.45, 2.75) is 52.0 Å². The number of hydrogen-bond donors (Lipinski definition) is 0. The summed E-state index contributed by atoms with van der Waals surface area (Å²) in [5.74, 6) is 1.20. The van der Waals surface area contributed by atoms with Crippen LogP contribution in [0.1, 0.15) is 57.6 Å². The van der Waals surface area contributed by atoms with Crippen molar-refractivity contribution in [3.05, 3.63) is 23.9 Å². The highest BCUT2D eigenvalue weighted by Crippen LogP contribution is 2.32. The fraction of sp³-hybridized carbons (Fsp3) is 0.650. The van der Waals surface area contributed by atoms with Crippen molar-refractivity contribution < 1.29 is 19.1 Å². The molecule has 0 radical (unpaired) electrons. The van der Waals surface area contributed by atoms with Crippen LogP contribution in [0.25, 0.3) is 0 Å². The number of aromatic nitrogens is 1. The predicted octanol–water partition coefficient (Wildman–Crippen LogP) is 3.17. The van der Waals surface area contributed by atoms with E-state index in [1.54, 1.807) is 20.2 Å². The molecule has 1 unspecified atom stereocenters. The van der Waals surface area contributed by atoms with Crippen LogP contribution in [-0.2, 0) is 14.3 Å². The van der Waals surface area contributed by atoms with Crippen LogP contribution in [-0.4, -0.2) is 48.4 Å². The Bertz CT molecular complexity index is 588. The maximum atomic E-state index is 12.1. The summed E-state index contributed by atoms with van der Waals surface area (Å²) in [6.45, 7) is 5.74. The highest BCUT2D eigenvalue weighted by atomic mass is 16.5. The molecule has 0 amide bonds. The molecule has 1 aliphatic heterocycles. The number of carbonyl (C=O) groups excluding carboxylic acids is 2. The number of esters is 1. The highest BCUT2D eigenvalue weighted by Gasteiger charge is 2.31. The molecular formula is C20H30N2O4. The molecule has 0 N–H and O–H groups in total. The van der Waals surface area contributed by atoms with E-state index in [0.29, 0.717) is 31.2 Å². The molecule has 0 saturated carbocycles. The van der Waals surface area contributed by atoms with Crippen LogP contribution < -0.4 is 4.74 Å². The van der Waals surface area contributed by atoms with Crippen LogP contribution in [0.5, 0.6) is 5.88 Å². The lowest BCUT2D eigenvalue weighted by Gasteiger charge is -2.27. The van der Waals surface area contributed by atoms with Crippen LogP contribution in [0.2, 0.25) is 0 Å². The van der Waals surface area contributed by atoms with E-state index in [2.05, 4.69) is 9.88 Å². The smallest absolute Gasteiger partial charge is 0.307 e. The quantitative estimate of drug-likeness (QED) is 0.596. The van der Waals surface area contributed by atoms with Gasteiger partial charge in [0.15, 0.2) is 0 Å². The Morgan fingerprint density at radius 3 is 2.81 bits per heavy atom. The third-order valence-corrected chi connectivity index (χ3v) is 4.92. The van der Waals surface area contributed by atoms with Gasteiger partial charge in [0.1, 0.15) is 5.78 Å². The molecule has 2 rings (SSSR count). The molecule has 0 aromatic carbocycles. The Morgan fingerprint density at radius 1 is 1.38 bits per heavy atom. The van der Waals surface area contributed by atoms with E-state index in [4.69, 9.17) is 9.47 Å². The Labute approximate surface area is 155 Å². The number of likely N-dealkylation sites (tertiary alicyclic amines) is 1. The van der Waals surface area contributed by atoms with Gasteiger partial charge < -0.3 is 14.3 Å². The second-order valence-electron chi connectivity index (χ2n) is 6.90. The van der Waals surface area contributed by atoms with Gasteiger partial charge >= 0.3 is 5.97 Å². The fourth-order valence-electron chi connectivity index (χ4n) is 3.57. The molecule has 6 nitrogen and oxygen atoms in total. The molecule has 1 fully saturated rings. The van der Waals surface area contributed by atoms with Gasteiger partial charge in [0.05, 0.1) is 20.1 Å². The molecule has 0 spiro atoms. The normalized spacial score (nSPS) is 18.5. The number of ether oxygens (including phenoxy) is 2. The van der Waals surface area contributed by atoms with Gasteiger partial charge in [-0.1, -0.05) is 6.07 Å². The number of ketones is 1. The summed E-state index contributed by atoms with van der Waals surface area (Å²) in [6.07, 6.45) is 5.86. The molecule has 1 aromatic rings. The van der Waals surface area contributed by atoms with Gasteiger partial charge in [-0.25, -0.2) is 4.98 Å². The number of pyridine rings is 1. The molecule has 1 aliphatic rings. The zero-order valence-electron chi connectivity index (χ0n) is 16.1. The maximum Gasteiger partial charge on any atom is 0.307 e. The summed E-state index contributed by atoms with van der Waals surface area (Å²) in [5, 5.41) is 0. The number of methoxy groups -OCH3 is 1. The molecule has 1 saturated heterocycles. The number of nitrogens with zero attached hydrogens (tertiary/aromatic N) is 2. The average molecular weight is 362 g/mol. The topological polar surface area (TPSA) is 68.7 Å². The summed E-state index contributed by atoms with van der Waals surface area (Å²) in [7, 11) is 1.59. The average Bonchev–Trinajstić information content (AvgIpc) is 3.08. The molecule has 2 atom stereocenters. The first-order valence-corrected chi connectivity index (χ1v) is 9.42. The zero-order chi connectivity index (χ0) is 18.9. The molecular weight excluding hydrogens is 332 g/mol. The third-order valence-electron chi connectivity index (χ3n) is 4.92. The summed E-state index contributed by atoms with van der Waals surface area (Å²) in [6, 6.07) is 3.76. The van der Waals surface area contributed by atoms with E-state index in [-0.39, 0.29) is 17.8 Å². The SMILES string of the molecule is CCOC(=O)C[C@@H](c1ccc(OC)nc1)N1CCC(CCCC(C)=O)C1. The van der Waals surface area contributed by atoms with Crippen LogP contribution in [0.4, 0.5) is 0 Å². The standard InChI is InChI=1S/C20H30N2O4/c1-4-26-20(24)12-18(17-8-9-19(25-3)21-13-17)22-11-10-16(14-22)7-5-6-15(2)23/h8-9,13,16,18H,4-7,10-12,14H2,1-3H3/t16?,18-/m0/s1. The highest BCUT2D eigenvalue weighted by molar-refractivity contribution is 5.75. The Balaban J connectivity index is 2.03. The van der Waals surface area contributed by atoms with Gasteiger partial charge in [0, 0.05) is 31.3 Å². The number of Topliss-reactive ketones (excluding diaryl/α,β-unsaturated/α-hetero) is 1. The Hall–Kier alpha value is -1.95. The van der Waals surface area contributed by atoms with Gasteiger partial charge in [0.2, 0.25) is 5.88 Å². The van der Waals surface area contributed by atoms with Gasteiger partial charge in [-0.3, -0.25) is 9.69 Å². The first-order chi connectivity index (χ1) is 12.5. The minimum atomic E-state index is -0.187. The summed E-state index contributed by atoms with van der Waals surface area (Å²) in [5.41, 5.74) is 1.00. The predicted molar refractivity (Wildman–Crippen MR) is 99.0 cm³/mol. The van der Waals surface area contributed by atoms with Crippen molar-refractivity contribution in [2.24, 2.45) is 5.92 Å². The van der Waals surface area contributed by atoms with E-state index < -0.39 is 0 Å². The monoisotopic (exact) mass is 362 g/mol. The fourth-order valence-corrected chi connectivity index (χ4v) is 3.57. The van der Waals surface area contributed by atoms with E-state index in [1.807, 2.05) is 19.1 Å². The Morgan fingerprint density at radius 2 is 2.19 bits per heavy atom. The second-order valence-corrected chi connectivity index (χ2v) is 6.90. The summed E-state index contributed by atoms with van der Waals surface area (Å²) < 4.78 is 10.3. The van der Waals surface area contributed by atoms with Crippen LogP contribution in [0, 0.1) is 5.92 Å². The minimum absolute atomic E-state index is 0.0368. The largest absolute Gasteiger partial charge is 0.481 e. The first kappa shape index (κ1) is 20.4. The molecule has 26 heavy (non-hydrogen) atoms. The number of rotatable bonds is 10. The first-order valence-electron chi connectivity index (χ1n) is 9.42. The van der Waals surface area contributed by atoms with Crippen molar-refractivity contribution >= 4 is 11.8 Å². The zero-order valence-corrected chi connectivity index (χ0v) is 16.1. The molecule has 0 aliphatic carbocycles. The van der Waals surface area contributed by atoms with Crippen molar-refractivity contribution in [3.63, 3.8) is 0 Å². The van der Waals surface area contributed by atoms with Crippen molar-refractivity contribution in [1.82, 2.24) is 9.88 Å². The van der Waals surface area contributed by atoms with Crippen molar-refractivity contribution in [2.75, 3.05) is 26.8 Å². The summed E-state index contributed by atoms with van der Waals surface area (Å²) >= 11 is 0. The summed E-state index contributed by atoms with van der Waals surface area (Å²) in [4.78, 5) is 29.9. The van der Waals surface area contributed by atoms with Crippen molar-refractivity contribution in [3.8, 4) is 5.88 Å². The Kier molecular flexibility index (Phi) is 8.04. The second kappa shape index (κ2) is 10.3. The van der Waals surface area contributed by atoms with Gasteiger partial charge in [-0.15, -0.1) is 0 Å². The number of hydrogen-bond acceptors (Lipinski definition) is 6. The van der Waals surface area contributed by atoms with Crippen LogP contribution in [0.15, 0.2) is 18.3 Å². The van der Waals surface area contributed by atoms with Gasteiger partial charge in [-0.05, 0) is 51.1 Å². The molecule has 2 heterocycles. The van der Waals surface area contributed by atoms with Crippen LogP contribution in [0.3, 0.4) is 0 Å². The number of carbonyl (C=O) groups is 2.